The van der Waals surface area contributed by atoms with Crippen LogP contribution in [-0.4, -0.2) is 38.9 Å². The maximum Gasteiger partial charge on any atom is 0.303 e. The number of aliphatic carboxylic acids is 1. The Bertz CT molecular complexity index is 2130. The van der Waals surface area contributed by atoms with Crippen LogP contribution in [0.1, 0.15) is 54.4 Å². The highest BCUT2D eigenvalue weighted by Gasteiger charge is 2.38. The molecule has 1 saturated heterocycles. The summed E-state index contributed by atoms with van der Waals surface area (Å²) in [5.41, 5.74) is 8.32. The summed E-state index contributed by atoms with van der Waals surface area (Å²) in [7, 11) is 0. The second-order valence-corrected chi connectivity index (χ2v) is 14.5. The summed E-state index contributed by atoms with van der Waals surface area (Å²) in [4.78, 5) is 27.8. The number of thioether (sulfide) groups is 1. The van der Waals surface area contributed by atoms with Gasteiger partial charge in [0.15, 0.2) is 12.1 Å². The molecule has 4 atom stereocenters. The number of carbonyl (C=O) groups is 2. The van der Waals surface area contributed by atoms with Gasteiger partial charge in [-0.05, 0) is 33.9 Å². The Balaban J connectivity index is 1.10. The summed E-state index contributed by atoms with van der Waals surface area (Å²) in [6.07, 6.45) is -1.40. The number of aliphatic hydroxyl groups excluding tert-OH is 1. The van der Waals surface area contributed by atoms with E-state index in [1.807, 2.05) is 133 Å². The molecule has 0 radical (unpaired) electrons. The molecule has 7 rings (SSSR count). The third kappa shape index (κ3) is 9.41. The number of aromatic nitrogens is 1. The van der Waals surface area contributed by atoms with Gasteiger partial charge in [-0.3, -0.25) is 9.59 Å². The minimum absolute atomic E-state index is 0.0208. The number of hydrogen-bond acceptors (Lipinski definition) is 8. The third-order valence-electron chi connectivity index (χ3n) is 9.68. The molecule has 0 aliphatic carbocycles. The molecule has 0 unspecified atom stereocenters. The third-order valence-corrected chi connectivity index (χ3v) is 10.6. The topological polar surface area (TPSA) is 131 Å². The van der Waals surface area contributed by atoms with Crippen LogP contribution in [-0.2, 0) is 32.2 Å². The molecule has 1 amide bonds. The maximum absolute atomic E-state index is 12.1. The molecule has 1 aliphatic heterocycles. The first-order valence-electron chi connectivity index (χ1n) is 18.3. The van der Waals surface area contributed by atoms with Crippen LogP contribution in [0.15, 0.2) is 143 Å². The van der Waals surface area contributed by atoms with E-state index >= 15 is 0 Å². The van der Waals surface area contributed by atoms with Gasteiger partial charge in [0.25, 0.3) is 5.22 Å². The first-order chi connectivity index (χ1) is 26.8. The van der Waals surface area contributed by atoms with Crippen molar-refractivity contribution in [1.29, 1.82) is 0 Å². The van der Waals surface area contributed by atoms with Gasteiger partial charge >= 0.3 is 5.97 Å². The number of benzene rings is 5. The first kappa shape index (κ1) is 37.8. The van der Waals surface area contributed by atoms with Gasteiger partial charge in [0.1, 0.15) is 5.69 Å². The summed E-state index contributed by atoms with van der Waals surface area (Å²) >= 11 is 1.52. The van der Waals surface area contributed by atoms with Crippen molar-refractivity contribution < 1.29 is 33.7 Å². The summed E-state index contributed by atoms with van der Waals surface area (Å²) in [6.45, 7) is 2.41. The average molecular weight is 755 g/mol. The number of nitrogens with zero attached hydrogens (tertiary/aromatic N) is 1. The van der Waals surface area contributed by atoms with E-state index in [1.54, 1.807) is 0 Å². The minimum atomic E-state index is -0.998. The summed E-state index contributed by atoms with van der Waals surface area (Å²) < 4.78 is 19.9. The highest BCUT2D eigenvalue weighted by molar-refractivity contribution is 7.99. The predicted molar refractivity (Wildman–Crippen MR) is 212 cm³/mol. The lowest BCUT2D eigenvalue weighted by molar-refractivity contribution is -0.268. The van der Waals surface area contributed by atoms with Crippen LogP contribution < -0.4 is 5.32 Å². The Hall–Kier alpha value is -5.52. The van der Waals surface area contributed by atoms with Crippen LogP contribution in [0.5, 0.6) is 0 Å². The molecule has 1 aliphatic rings. The first-order valence-corrected chi connectivity index (χ1v) is 19.3. The lowest BCUT2D eigenvalue weighted by Gasteiger charge is -2.41. The highest BCUT2D eigenvalue weighted by atomic mass is 32.2. The number of rotatable bonds is 14. The van der Waals surface area contributed by atoms with E-state index in [0.717, 1.165) is 56.0 Å². The van der Waals surface area contributed by atoms with Gasteiger partial charge in [0.2, 0.25) is 5.91 Å². The quantitative estimate of drug-likeness (QED) is 0.0932. The van der Waals surface area contributed by atoms with Gasteiger partial charge in [0.05, 0.1) is 25.2 Å². The predicted octanol–water partition coefficient (Wildman–Crippen LogP) is 9.23. The van der Waals surface area contributed by atoms with Gasteiger partial charge in [-0.1, -0.05) is 146 Å². The molecule has 9 nitrogen and oxygen atoms in total. The van der Waals surface area contributed by atoms with Crippen molar-refractivity contribution in [3.8, 4) is 33.7 Å². The number of carbonyl (C=O) groups excluding carboxylic acids is 1. The molecule has 2 heterocycles. The van der Waals surface area contributed by atoms with Gasteiger partial charge in [-0.2, -0.15) is 0 Å². The van der Waals surface area contributed by atoms with Crippen LogP contribution >= 0.6 is 11.8 Å². The zero-order chi connectivity index (χ0) is 38.1. The van der Waals surface area contributed by atoms with E-state index in [-0.39, 0.29) is 43.5 Å². The summed E-state index contributed by atoms with van der Waals surface area (Å²) in [5.74, 6) is -0.0177. The molecular weight excluding hydrogens is 713 g/mol. The number of oxazole rings is 1. The summed E-state index contributed by atoms with van der Waals surface area (Å²) in [6, 6.07) is 43.9. The molecule has 3 N–H and O–H groups in total. The molecule has 10 heteroatoms. The molecular formula is C45H42N2O7S. The number of carboxylic acids is 1. The van der Waals surface area contributed by atoms with Gasteiger partial charge in [-0.25, -0.2) is 4.98 Å². The Morgan fingerprint density at radius 2 is 1.40 bits per heavy atom. The molecule has 55 heavy (non-hydrogen) atoms. The van der Waals surface area contributed by atoms with E-state index in [2.05, 4.69) is 12.2 Å². The second kappa shape index (κ2) is 17.7. The van der Waals surface area contributed by atoms with E-state index < -0.39 is 12.3 Å². The van der Waals surface area contributed by atoms with Crippen LogP contribution in [0, 0.1) is 5.92 Å². The van der Waals surface area contributed by atoms with Gasteiger partial charge in [-0.15, -0.1) is 0 Å². The standard InChI is InChI=1S/C45H42N2O7S/c1-29-38(28-55-45-47-41(33-10-4-2-5-11-33)43(54-45)34-12-6-3-7-13-34)52-44(53-42(29)35-17-15-30(27-48)16-18-35)36-21-19-32(20-22-36)37-14-8-9-31(25-37)26-46-39(49)23-24-40(50)51/h2-22,25,29,38,42,44,48H,23-24,26-28H2,1H3,(H,46,49)(H,50,51)/t29-,38+,42+,44+/m0/s1. The number of nitrogens with one attached hydrogen (secondary N) is 1. The van der Waals surface area contributed by atoms with E-state index in [4.69, 9.17) is 24.0 Å². The van der Waals surface area contributed by atoms with Gasteiger partial charge in [0, 0.05) is 41.3 Å². The Labute approximate surface area is 324 Å². The number of aliphatic hydroxyl groups is 1. The van der Waals surface area contributed by atoms with Gasteiger partial charge < -0.3 is 29.4 Å². The smallest absolute Gasteiger partial charge is 0.303 e. The molecule has 5 aromatic carbocycles. The van der Waals surface area contributed by atoms with Crippen molar-refractivity contribution in [3.05, 3.63) is 156 Å². The molecule has 1 aromatic heterocycles. The van der Waals surface area contributed by atoms with Crippen LogP contribution in [0.3, 0.4) is 0 Å². The number of carboxylic acid groups (broad SMARTS) is 1. The Morgan fingerprint density at radius 1 is 0.727 bits per heavy atom. The van der Waals surface area contributed by atoms with Crippen LogP contribution in [0.25, 0.3) is 33.7 Å². The van der Waals surface area contributed by atoms with Crippen molar-refractivity contribution in [3.63, 3.8) is 0 Å². The van der Waals surface area contributed by atoms with Crippen LogP contribution in [0.2, 0.25) is 0 Å². The Kier molecular flexibility index (Phi) is 12.2. The van der Waals surface area contributed by atoms with Crippen molar-refractivity contribution >= 4 is 23.6 Å². The summed E-state index contributed by atoms with van der Waals surface area (Å²) in [5, 5.41) is 21.9. The van der Waals surface area contributed by atoms with E-state index in [1.165, 1.54) is 11.8 Å². The van der Waals surface area contributed by atoms with Crippen molar-refractivity contribution in [2.45, 2.75) is 56.6 Å². The normalized spacial score (nSPS) is 18.1. The fraction of sp³-hybridized carbons (Fsp3) is 0.222. The fourth-order valence-electron chi connectivity index (χ4n) is 6.61. The lowest BCUT2D eigenvalue weighted by atomic mass is 9.91. The SMILES string of the molecule is C[C@H]1[C@@H](CSc2nc(-c3ccccc3)c(-c3ccccc3)o2)O[C@@H](c2ccc(-c3cccc(CNC(=O)CCC(=O)O)c3)cc2)O[C@H]1c1ccc(CO)cc1. The van der Waals surface area contributed by atoms with Crippen molar-refractivity contribution in [2.24, 2.45) is 5.92 Å². The highest BCUT2D eigenvalue weighted by Crippen LogP contribution is 2.44. The van der Waals surface area contributed by atoms with Crippen molar-refractivity contribution in [2.75, 3.05) is 5.75 Å². The molecule has 0 spiro atoms. The molecule has 1 fully saturated rings. The number of ether oxygens (including phenoxy) is 2. The number of amides is 1. The maximum atomic E-state index is 12.1. The van der Waals surface area contributed by atoms with E-state index in [9.17, 15) is 14.7 Å². The largest absolute Gasteiger partial charge is 0.481 e. The molecule has 0 bridgehead atoms. The minimum Gasteiger partial charge on any atom is -0.481 e. The fourth-order valence-corrected chi connectivity index (χ4v) is 7.59. The molecule has 0 saturated carbocycles. The zero-order valence-electron chi connectivity index (χ0n) is 30.3. The van der Waals surface area contributed by atoms with Crippen LogP contribution in [0.4, 0.5) is 0 Å². The Morgan fingerprint density at radius 3 is 2.09 bits per heavy atom. The lowest BCUT2D eigenvalue weighted by Crippen LogP contribution is -2.38. The van der Waals surface area contributed by atoms with E-state index in [0.29, 0.717) is 17.5 Å². The average Bonchev–Trinajstić information content (AvgIpc) is 3.67. The zero-order valence-corrected chi connectivity index (χ0v) is 31.2. The molecule has 280 valence electrons. The number of hydrogen-bond donors (Lipinski definition) is 3. The molecule has 6 aromatic rings. The second-order valence-electron chi connectivity index (χ2n) is 13.5. The van der Waals surface area contributed by atoms with Crippen molar-refractivity contribution in [1.82, 2.24) is 10.3 Å². The monoisotopic (exact) mass is 754 g/mol.